The van der Waals surface area contributed by atoms with Gasteiger partial charge in [0.2, 0.25) is 11.8 Å². The number of aromatic amines is 1. The van der Waals surface area contributed by atoms with Gasteiger partial charge in [0.05, 0.1) is 48.3 Å². The Balaban J connectivity index is 1.20. The summed E-state index contributed by atoms with van der Waals surface area (Å²) in [7, 11) is 1.51. The molecule has 37 heavy (non-hydrogen) atoms. The number of nitrogens with one attached hydrogen (secondary N) is 2. The molecule has 0 bridgehead atoms. The van der Waals surface area contributed by atoms with E-state index in [1.807, 2.05) is 0 Å². The molecular weight excluding hydrogens is 496 g/mol. The van der Waals surface area contributed by atoms with Gasteiger partial charge in [-0.05, 0) is 37.1 Å². The van der Waals surface area contributed by atoms with Crippen LogP contribution in [0.25, 0.3) is 11.3 Å². The van der Waals surface area contributed by atoms with Gasteiger partial charge in [-0.25, -0.2) is 4.98 Å². The van der Waals surface area contributed by atoms with Crippen molar-refractivity contribution in [2.45, 2.75) is 25.3 Å². The third kappa shape index (κ3) is 5.08. The van der Waals surface area contributed by atoms with Crippen molar-refractivity contribution in [2.75, 3.05) is 26.8 Å². The summed E-state index contributed by atoms with van der Waals surface area (Å²) >= 11 is 6.26. The molecule has 1 unspecified atom stereocenters. The zero-order chi connectivity index (χ0) is 25.9. The maximum absolute atomic E-state index is 13.1. The smallest absolute Gasteiger partial charge is 0.271 e. The van der Waals surface area contributed by atoms with Crippen LogP contribution in [0.3, 0.4) is 0 Å². The fourth-order valence-electron chi connectivity index (χ4n) is 4.72. The van der Waals surface area contributed by atoms with Crippen LogP contribution in [0, 0.1) is 17.2 Å². The Hall–Kier alpha value is -4.10. The van der Waals surface area contributed by atoms with Crippen molar-refractivity contribution in [1.29, 1.82) is 5.26 Å². The maximum atomic E-state index is 13.1. The third-order valence-corrected chi connectivity index (χ3v) is 7.07. The molecule has 11 heteroatoms. The number of aromatic nitrogens is 3. The van der Waals surface area contributed by atoms with Crippen LogP contribution in [0.4, 0.5) is 0 Å². The average Bonchev–Trinajstić information content (AvgIpc) is 3.43. The summed E-state index contributed by atoms with van der Waals surface area (Å²) in [5, 5.41) is 19.8. The Morgan fingerprint density at radius 3 is 2.81 bits per heavy atom. The molecule has 10 nitrogen and oxygen atoms in total. The van der Waals surface area contributed by atoms with Crippen LogP contribution in [0.2, 0.25) is 5.02 Å². The van der Waals surface area contributed by atoms with Gasteiger partial charge in [0, 0.05) is 42.6 Å². The van der Waals surface area contributed by atoms with Gasteiger partial charge in [0.1, 0.15) is 11.4 Å². The van der Waals surface area contributed by atoms with Crippen molar-refractivity contribution in [3.63, 3.8) is 0 Å². The minimum absolute atomic E-state index is 0.0441. The Morgan fingerprint density at radius 1 is 1.24 bits per heavy atom. The van der Waals surface area contributed by atoms with Gasteiger partial charge in [-0.1, -0.05) is 11.6 Å². The van der Waals surface area contributed by atoms with Crippen LogP contribution in [0.15, 0.2) is 36.5 Å². The number of piperidine rings is 1. The number of amides is 2. The highest BCUT2D eigenvalue weighted by Gasteiger charge is 2.31. The first-order valence-electron chi connectivity index (χ1n) is 12.0. The molecule has 3 aromatic rings. The highest BCUT2D eigenvalue weighted by atomic mass is 35.5. The van der Waals surface area contributed by atoms with Crippen molar-refractivity contribution in [3.05, 3.63) is 58.4 Å². The van der Waals surface area contributed by atoms with Gasteiger partial charge in [0.25, 0.3) is 5.91 Å². The second-order valence-electron chi connectivity index (χ2n) is 9.00. The Morgan fingerprint density at radius 2 is 2.05 bits per heavy atom. The zero-order valence-electron chi connectivity index (χ0n) is 20.2. The normalized spacial score (nSPS) is 17.3. The van der Waals surface area contributed by atoms with Gasteiger partial charge < -0.3 is 19.7 Å². The number of benzene rings is 1. The van der Waals surface area contributed by atoms with E-state index < -0.39 is 0 Å². The molecule has 0 spiro atoms. The van der Waals surface area contributed by atoms with Crippen LogP contribution in [-0.4, -0.2) is 58.7 Å². The van der Waals surface area contributed by atoms with E-state index >= 15 is 0 Å². The predicted octanol–water partition coefficient (Wildman–Crippen LogP) is 3.50. The number of fused-ring (bicyclic) bond motifs is 1. The van der Waals surface area contributed by atoms with Gasteiger partial charge >= 0.3 is 0 Å². The summed E-state index contributed by atoms with van der Waals surface area (Å²) in [4.78, 5) is 31.9. The maximum Gasteiger partial charge on any atom is 0.271 e. The summed E-state index contributed by atoms with van der Waals surface area (Å²) in [5.74, 6) is 0.663. The number of likely N-dealkylation sites (tertiary alicyclic amines) is 1. The van der Waals surface area contributed by atoms with Gasteiger partial charge in [-0.2, -0.15) is 10.4 Å². The second-order valence-corrected chi connectivity index (χ2v) is 9.41. The molecule has 0 aliphatic carbocycles. The molecule has 2 aliphatic rings. The van der Waals surface area contributed by atoms with Gasteiger partial charge in [0.15, 0.2) is 0 Å². The number of rotatable bonds is 5. The monoisotopic (exact) mass is 520 g/mol. The highest BCUT2D eigenvalue weighted by Crippen LogP contribution is 2.34. The van der Waals surface area contributed by atoms with Crippen molar-refractivity contribution in [1.82, 2.24) is 25.4 Å². The summed E-state index contributed by atoms with van der Waals surface area (Å²) < 4.78 is 10.8. The second kappa shape index (κ2) is 10.5. The van der Waals surface area contributed by atoms with Crippen molar-refractivity contribution < 1.29 is 19.1 Å². The van der Waals surface area contributed by atoms with E-state index in [1.165, 1.54) is 13.3 Å². The van der Waals surface area contributed by atoms with E-state index in [2.05, 4.69) is 26.6 Å². The van der Waals surface area contributed by atoms with E-state index in [0.29, 0.717) is 78.1 Å². The van der Waals surface area contributed by atoms with E-state index in [1.54, 1.807) is 35.2 Å². The molecule has 1 saturated heterocycles. The minimum atomic E-state index is -0.203. The largest absolute Gasteiger partial charge is 0.493 e. The number of hydrogen-bond acceptors (Lipinski definition) is 7. The topological polar surface area (TPSA) is 133 Å². The molecule has 1 aromatic carbocycles. The number of H-pyrrole nitrogens is 1. The molecular formula is C26H25ClN6O4. The standard InChI is InChI=1S/C26H25ClN6O4/c1-36-24-11-17(19(27)14-29-24)21-12-22(32-31-21)26(35)33-7-4-16(5-8-33)25(34)30-20-6-9-37-23-3-2-15(13-28)10-18(20)23/h2-3,10-12,14,16,20H,4-9H2,1H3,(H,30,34)(H,31,32). The molecule has 2 amide bonds. The Labute approximate surface area is 218 Å². The number of ether oxygens (including phenoxy) is 2. The van der Waals surface area contributed by atoms with E-state index in [4.69, 9.17) is 21.1 Å². The highest BCUT2D eigenvalue weighted by molar-refractivity contribution is 6.33. The van der Waals surface area contributed by atoms with Crippen molar-refractivity contribution in [3.8, 4) is 29.0 Å². The summed E-state index contributed by atoms with van der Waals surface area (Å²) in [6, 6.07) is 10.5. The van der Waals surface area contributed by atoms with Gasteiger partial charge in [-0.15, -0.1) is 0 Å². The van der Waals surface area contributed by atoms with Crippen LogP contribution in [0.5, 0.6) is 11.6 Å². The van der Waals surface area contributed by atoms with E-state index in [0.717, 1.165) is 5.56 Å². The number of halogens is 1. The lowest BCUT2D eigenvalue weighted by molar-refractivity contribution is -0.127. The molecule has 2 aromatic heterocycles. The minimum Gasteiger partial charge on any atom is -0.493 e. The van der Waals surface area contributed by atoms with Crippen molar-refractivity contribution in [2.24, 2.45) is 5.92 Å². The number of nitrogens with zero attached hydrogens (tertiary/aromatic N) is 4. The molecule has 0 saturated carbocycles. The lowest BCUT2D eigenvalue weighted by atomic mass is 9.93. The van der Waals surface area contributed by atoms with Crippen LogP contribution >= 0.6 is 11.6 Å². The van der Waals surface area contributed by atoms with Crippen LogP contribution in [-0.2, 0) is 4.79 Å². The number of nitriles is 1. The van der Waals surface area contributed by atoms with Gasteiger partial charge in [-0.3, -0.25) is 14.7 Å². The molecule has 2 N–H and O–H groups in total. The Bertz CT molecular complexity index is 1380. The van der Waals surface area contributed by atoms with Crippen molar-refractivity contribution >= 4 is 23.4 Å². The zero-order valence-corrected chi connectivity index (χ0v) is 20.9. The van der Waals surface area contributed by atoms with Crippen LogP contribution in [0.1, 0.15) is 46.9 Å². The van der Waals surface area contributed by atoms with Crippen LogP contribution < -0.4 is 14.8 Å². The molecule has 4 heterocycles. The molecule has 190 valence electrons. The first-order chi connectivity index (χ1) is 18.0. The molecule has 0 radical (unpaired) electrons. The summed E-state index contributed by atoms with van der Waals surface area (Å²) in [5.41, 5.74) is 2.82. The average molecular weight is 521 g/mol. The molecule has 1 atom stereocenters. The first kappa shape index (κ1) is 24.6. The summed E-state index contributed by atoms with van der Waals surface area (Å²) in [6.07, 6.45) is 3.23. The van der Waals surface area contributed by atoms with E-state index in [9.17, 15) is 14.9 Å². The fraction of sp³-hybridized carbons (Fsp3) is 0.346. The number of methoxy groups -OCH3 is 1. The number of hydrogen-bond donors (Lipinski definition) is 2. The predicted molar refractivity (Wildman–Crippen MR) is 134 cm³/mol. The lowest BCUT2D eigenvalue weighted by Gasteiger charge is -2.33. The van der Waals surface area contributed by atoms with E-state index in [-0.39, 0.29) is 23.8 Å². The SMILES string of the molecule is COc1cc(-c2cc(C(=O)N3CCC(C(=O)NC4CCOc5ccc(C#N)cc54)CC3)[nH]n2)c(Cl)cn1. The number of carbonyl (C=O) groups excluding carboxylic acids is 2. The number of pyridine rings is 1. The molecule has 2 aliphatic heterocycles. The molecule has 1 fully saturated rings. The quantitative estimate of drug-likeness (QED) is 0.526. The summed E-state index contributed by atoms with van der Waals surface area (Å²) in [6.45, 7) is 1.41. The lowest BCUT2D eigenvalue weighted by Crippen LogP contribution is -2.44. The fourth-order valence-corrected chi connectivity index (χ4v) is 4.92. The Kier molecular flexibility index (Phi) is 6.97. The first-order valence-corrected chi connectivity index (χ1v) is 12.4. The molecule has 5 rings (SSSR count). The third-order valence-electron chi connectivity index (χ3n) is 6.77. The number of carbonyl (C=O) groups is 2.